The first-order valence-corrected chi connectivity index (χ1v) is 21.3. The fourth-order valence-corrected chi connectivity index (χ4v) is 10.4. The molecule has 0 aliphatic heterocycles. The number of anilines is 3. The number of aryl methyl sites for hydroxylation is 1. The number of rotatable bonds is 8. The SMILES string of the molecule is CC(C1=CC=CCC1)(C1=C(c2ccc(N(c3ccc4c(c3)CCC=C4)c3ccc4c(c3)C(C)(C)c3ccccc3-4)cc2)C=C(c2ccccc2)CC1)c1ccccc1. The van der Waals surface area contributed by atoms with Gasteiger partial charge < -0.3 is 4.90 Å². The van der Waals surface area contributed by atoms with E-state index in [1.54, 1.807) is 0 Å². The predicted molar refractivity (Wildman–Crippen MR) is 247 cm³/mol. The summed E-state index contributed by atoms with van der Waals surface area (Å²) in [5, 5.41) is 0. The van der Waals surface area contributed by atoms with Crippen molar-refractivity contribution in [3.8, 4) is 11.1 Å². The zero-order valence-electron chi connectivity index (χ0n) is 34.0. The Labute approximate surface area is 345 Å². The van der Waals surface area contributed by atoms with Crippen LogP contribution in [0.2, 0.25) is 0 Å². The van der Waals surface area contributed by atoms with Gasteiger partial charge in [-0.2, -0.15) is 0 Å². The molecule has 0 heterocycles. The van der Waals surface area contributed by atoms with Gasteiger partial charge in [0.2, 0.25) is 0 Å². The minimum Gasteiger partial charge on any atom is -0.310 e. The number of nitrogens with zero attached hydrogens (tertiary/aromatic N) is 1. The number of hydrogen-bond donors (Lipinski definition) is 0. The summed E-state index contributed by atoms with van der Waals surface area (Å²) in [7, 11) is 0. The minimum absolute atomic E-state index is 0.0836. The molecule has 0 saturated carbocycles. The van der Waals surface area contributed by atoms with Gasteiger partial charge in [0.25, 0.3) is 0 Å². The first-order chi connectivity index (χ1) is 28.4. The summed E-state index contributed by atoms with van der Waals surface area (Å²) < 4.78 is 0. The molecule has 6 aromatic rings. The second kappa shape index (κ2) is 14.6. The van der Waals surface area contributed by atoms with Crippen LogP contribution in [-0.2, 0) is 17.3 Å². The molecule has 4 aliphatic carbocycles. The Bertz CT molecular complexity index is 2680. The number of allylic oxidation sites excluding steroid dienone is 9. The molecule has 0 spiro atoms. The first-order valence-electron chi connectivity index (χ1n) is 21.3. The molecular weight excluding hydrogens is 699 g/mol. The fourth-order valence-electron chi connectivity index (χ4n) is 10.4. The molecule has 1 atom stereocenters. The molecule has 0 saturated heterocycles. The van der Waals surface area contributed by atoms with Gasteiger partial charge in [-0.15, -0.1) is 0 Å². The van der Waals surface area contributed by atoms with E-state index in [4.69, 9.17) is 0 Å². The maximum absolute atomic E-state index is 2.51. The summed E-state index contributed by atoms with van der Waals surface area (Å²) in [4.78, 5) is 2.48. The summed E-state index contributed by atoms with van der Waals surface area (Å²) in [6.45, 7) is 7.24. The van der Waals surface area contributed by atoms with Crippen LogP contribution in [0, 0.1) is 0 Å². The van der Waals surface area contributed by atoms with Crippen LogP contribution in [0.25, 0.3) is 28.3 Å². The van der Waals surface area contributed by atoms with Gasteiger partial charge in [-0.1, -0.05) is 165 Å². The molecule has 0 bridgehead atoms. The van der Waals surface area contributed by atoms with Crippen molar-refractivity contribution in [2.45, 2.75) is 70.1 Å². The van der Waals surface area contributed by atoms with E-state index in [1.807, 2.05) is 0 Å². The molecule has 1 unspecified atom stereocenters. The third-order valence-electron chi connectivity index (χ3n) is 13.6. The van der Waals surface area contributed by atoms with Crippen molar-refractivity contribution in [1.82, 2.24) is 0 Å². The van der Waals surface area contributed by atoms with E-state index < -0.39 is 0 Å². The summed E-state index contributed by atoms with van der Waals surface area (Å²) in [6, 6.07) is 54.9. The lowest BCUT2D eigenvalue weighted by molar-refractivity contribution is 0.595. The normalized spacial score (nSPS) is 17.4. The number of benzene rings is 6. The Morgan fingerprint density at radius 1 is 0.569 bits per heavy atom. The van der Waals surface area contributed by atoms with Gasteiger partial charge in [-0.3, -0.25) is 0 Å². The highest BCUT2D eigenvalue weighted by atomic mass is 15.1. The van der Waals surface area contributed by atoms with Crippen LogP contribution in [0.4, 0.5) is 17.1 Å². The average Bonchev–Trinajstić information content (AvgIpc) is 3.52. The van der Waals surface area contributed by atoms with Crippen molar-refractivity contribution in [3.63, 3.8) is 0 Å². The third kappa shape index (κ3) is 6.16. The lowest BCUT2D eigenvalue weighted by Crippen LogP contribution is -2.30. The Balaban J connectivity index is 1.13. The Morgan fingerprint density at radius 3 is 2.05 bits per heavy atom. The maximum atomic E-state index is 2.51. The van der Waals surface area contributed by atoms with Gasteiger partial charge in [0.05, 0.1) is 0 Å². The quantitative estimate of drug-likeness (QED) is 0.150. The molecule has 4 aliphatic rings. The highest BCUT2D eigenvalue weighted by molar-refractivity contribution is 5.91. The fraction of sp³-hybridized carbons (Fsp3) is 0.193. The van der Waals surface area contributed by atoms with Crippen molar-refractivity contribution in [3.05, 3.63) is 226 Å². The highest BCUT2D eigenvalue weighted by Gasteiger charge is 2.38. The molecule has 0 radical (unpaired) electrons. The summed E-state index contributed by atoms with van der Waals surface area (Å²) in [5.74, 6) is 0. The van der Waals surface area contributed by atoms with E-state index in [2.05, 4.69) is 208 Å². The molecule has 0 fully saturated rings. The lowest BCUT2D eigenvalue weighted by atomic mass is 9.63. The van der Waals surface area contributed by atoms with Gasteiger partial charge >= 0.3 is 0 Å². The van der Waals surface area contributed by atoms with Gasteiger partial charge in [0, 0.05) is 27.9 Å². The van der Waals surface area contributed by atoms with Crippen LogP contribution < -0.4 is 4.90 Å². The van der Waals surface area contributed by atoms with Gasteiger partial charge in [-0.25, -0.2) is 0 Å². The van der Waals surface area contributed by atoms with Crippen LogP contribution in [-0.4, -0.2) is 0 Å². The number of hydrogen-bond acceptors (Lipinski definition) is 1. The van der Waals surface area contributed by atoms with E-state index in [1.165, 1.54) is 89.4 Å². The summed E-state index contributed by atoms with van der Waals surface area (Å²) >= 11 is 0. The smallest absolute Gasteiger partial charge is 0.0465 e. The van der Waals surface area contributed by atoms with Crippen molar-refractivity contribution in [1.29, 1.82) is 0 Å². The van der Waals surface area contributed by atoms with E-state index in [9.17, 15) is 0 Å². The standard InChI is InChI=1S/C57H51N/c1-56(2)53-26-16-15-25-50(53)51-35-34-49(39-55(51)56)58(48-33-27-41-19-13-14-20-43(41)37-48)47-31-28-42(29-32-47)52-38-44(40-17-7-4-8-18-40)30-36-54(52)57(3,45-21-9-5-10-22-45)46-23-11-6-12-24-46/h4-11,13,15-19,21-23,25-29,31-35,37-39H,12,14,20,24,30,36H2,1-3H3. The Kier molecular flexibility index (Phi) is 9.13. The van der Waals surface area contributed by atoms with Gasteiger partial charge in [-0.05, 0) is 149 Å². The molecule has 58 heavy (non-hydrogen) atoms. The summed E-state index contributed by atoms with van der Waals surface area (Å²) in [6.07, 6.45) is 20.4. The van der Waals surface area contributed by atoms with E-state index in [0.717, 1.165) is 38.5 Å². The summed E-state index contributed by atoms with van der Waals surface area (Å²) in [5.41, 5.74) is 21.2. The molecule has 10 rings (SSSR count). The van der Waals surface area contributed by atoms with Crippen LogP contribution in [0.15, 0.2) is 187 Å². The topological polar surface area (TPSA) is 3.24 Å². The second-order valence-electron chi connectivity index (χ2n) is 17.2. The third-order valence-corrected chi connectivity index (χ3v) is 13.6. The van der Waals surface area contributed by atoms with E-state index in [0.29, 0.717) is 0 Å². The molecule has 1 heteroatoms. The number of fused-ring (bicyclic) bond motifs is 4. The molecule has 0 N–H and O–H groups in total. The van der Waals surface area contributed by atoms with Crippen LogP contribution >= 0.6 is 0 Å². The maximum Gasteiger partial charge on any atom is 0.0465 e. The van der Waals surface area contributed by atoms with Crippen molar-refractivity contribution >= 4 is 34.3 Å². The molecule has 0 amide bonds. The first kappa shape index (κ1) is 36.2. The van der Waals surface area contributed by atoms with Crippen LogP contribution in [0.3, 0.4) is 0 Å². The Morgan fingerprint density at radius 2 is 1.26 bits per heavy atom. The van der Waals surface area contributed by atoms with E-state index in [-0.39, 0.29) is 10.8 Å². The Hall–Kier alpha value is -6.18. The monoisotopic (exact) mass is 749 g/mol. The lowest BCUT2D eigenvalue weighted by Gasteiger charge is -2.40. The molecular formula is C57H51N. The van der Waals surface area contributed by atoms with Crippen molar-refractivity contribution in [2.24, 2.45) is 0 Å². The van der Waals surface area contributed by atoms with E-state index >= 15 is 0 Å². The van der Waals surface area contributed by atoms with Crippen LogP contribution in [0.5, 0.6) is 0 Å². The van der Waals surface area contributed by atoms with Crippen molar-refractivity contribution < 1.29 is 0 Å². The second-order valence-corrected chi connectivity index (χ2v) is 17.2. The largest absolute Gasteiger partial charge is 0.310 e. The molecule has 284 valence electrons. The highest BCUT2D eigenvalue weighted by Crippen LogP contribution is 2.52. The van der Waals surface area contributed by atoms with Crippen LogP contribution in [0.1, 0.15) is 91.8 Å². The average molecular weight is 750 g/mol. The predicted octanol–water partition coefficient (Wildman–Crippen LogP) is 15.3. The van der Waals surface area contributed by atoms with Gasteiger partial charge in [0.15, 0.2) is 0 Å². The van der Waals surface area contributed by atoms with Gasteiger partial charge in [0.1, 0.15) is 0 Å². The zero-order chi connectivity index (χ0) is 39.3. The minimum atomic E-state index is -0.225. The molecule has 0 aromatic heterocycles. The zero-order valence-corrected chi connectivity index (χ0v) is 34.0. The molecule has 6 aromatic carbocycles. The molecule has 1 nitrogen and oxygen atoms in total. The van der Waals surface area contributed by atoms with Crippen molar-refractivity contribution in [2.75, 3.05) is 4.90 Å².